The van der Waals surface area contributed by atoms with Gasteiger partial charge in [-0.1, -0.05) is 103 Å². The first-order chi connectivity index (χ1) is 36.9. The van der Waals surface area contributed by atoms with E-state index in [-0.39, 0.29) is 48.1 Å². The molecule has 0 aliphatic rings. The van der Waals surface area contributed by atoms with Crippen LogP contribution in [0.5, 0.6) is 17.2 Å². The highest BCUT2D eigenvalue weighted by Crippen LogP contribution is 2.39. The Kier molecular flexibility index (Phi) is 21.3. The number of nitrogens with one attached hydrogen (secondary N) is 7. The van der Waals surface area contributed by atoms with E-state index in [9.17, 15) is 38.9 Å². The number of carbonyl (C=O) groups is 6. The number of carbonyl (C=O) groups excluding carboxylic acids is 6. The zero-order valence-electron chi connectivity index (χ0n) is 45.8. The van der Waals surface area contributed by atoms with Crippen molar-refractivity contribution in [3.05, 3.63) is 165 Å². The molecule has 5 aromatic rings. The summed E-state index contributed by atoms with van der Waals surface area (Å²) in [6.07, 6.45) is -1.18. The molecular weight excluding hydrogens is 1000 g/mol. The molecule has 0 aromatic heterocycles. The van der Waals surface area contributed by atoms with Crippen LogP contribution in [0.15, 0.2) is 127 Å². The maximum atomic E-state index is 14.9. The van der Waals surface area contributed by atoms with Crippen LogP contribution in [0.4, 0.5) is 10.5 Å². The van der Waals surface area contributed by atoms with Crippen LogP contribution in [0, 0.1) is 10.1 Å². The van der Waals surface area contributed by atoms with Crippen molar-refractivity contribution in [2.75, 3.05) is 20.8 Å². The van der Waals surface area contributed by atoms with Gasteiger partial charge in [-0.25, -0.2) is 10.2 Å². The second kappa shape index (κ2) is 27.5. The molecule has 416 valence electrons. The average molecular weight is 1070 g/mol. The number of hydrogen-bond acceptors (Lipinski definition) is 13. The zero-order valence-corrected chi connectivity index (χ0v) is 45.8. The van der Waals surface area contributed by atoms with Crippen molar-refractivity contribution in [1.29, 1.82) is 0 Å². The lowest BCUT2D eigenvalue weighted by molar-refractivity contribution is -0.385. The summed E-state index contributed by atoms with van der Waals surface area (Å²) in [6, 6.07) is 31.9. The fourth-order valence-electron chi connectivity index (χ4n) is 8.27. The third-order valence-corrected chi connectivity index (χ3v) is 12.0. The maximum Gasteiger partial charge on any atom is 0.408 e. The molecule has 0 aliphatic heterocycles. The molecule has 0 spiro atoms. The maximum absolute atomic E-state index is 14.9. The van der Waals surface area contributed by atoms with Crippen molar-refractivity contribution in [2.45, 2.75) is 122 Å². The van der Waals surface area contributed by atoms with E-state index < -0.39 is 82.0 Å². The van der Waals surface area contributed by atoms with Gasteiger partial charge in [0.25, 0.3) is 11.6 Å². The summed E-state index contributed by atoms with van der Waals surface area (Å²) in [5.74, 6) is -2.72. The minimum atomic E-state index is -1.67. The topological polar surface area (TPSA) is 267 Å². The molecule has 0 saturated carbocycles. The van der Waals surface area contributed by atoms with Crippen LogP contribution in [-0.4, -0.2) is 90.6 Å². The van der Waals surface area contributed by atoms with Gasteiger partial charge in [0.1, 0.15) is 40.6 Å². The first-order valence-electron chi connectivity index (χ1n) is 25.5. The van der Waals surface area contributed by atoms with E-state index >= 15 is 0 Å². The van der Waals surface area contributed by atoms with Gasteiger partial charge >= 0.3 is 6.09 Å². The highest BCUT2D eigenvalue weighted by atomic mass is 16.6. The SMILES string of the molecule is CNC(=O)CCCOc1cc([N+](=O)[O-])c(C(C)NNC(=O)[C@H](CC(=O)NC(c2ccccc2)(c2ccccc2)c2ccccc2)NC(=O)[C@H](Cc2ccc(OC(C)(C)C)cc2)NC(=O)[C@H](C)NC(=O)OC(C)(C)C)cc1OC. The quantitative estimate of drug-likeness (QED) is 0.0135. The van der Waals surface area contributed by atoms with Crippen LogP contribution in [0.1, 0.15) is 109 Å². The normalized spacial score (nSPS) is 13.0. The third kappa shape index (κ3) is 17.5. The molecule has 20 heteroatoms. The molecule has 0 bridgehead atoms. The van der Waals surface area contributed by atoms with Gasteiger partial charge in [0.2, 0.25) is 23.6 Å². The molecule has 20 nitrogen and oxygen atoms in total. The fourth-order valence-corrected chi connectivity index (χ4v) is 8.27. The fraction of sp³-hybridized carbons (Fsp3) is 0.379. The van der Waals surface area contributed by atoms with Crippen molar-refractivity contribution < 1.29 is 52.6 Å². The van der Waals surface area contributed by atoms with Crippen molar-refractivity contribution in [1.82, 2.24) is 37.4 Å². The van der Waals surface area contributed by atoms with Gasteiger partial charge in [0.05, 0.1) is 42.7 Å². The largest absolute Gasteiger partial charge is 0.493 e. The lowest BCUT2D eigenvalue weighted by atomic mass is 9.77. The second-order valence-electron chi connectivity index (χ2n) is 20.5. The summed E-state index contributed by atoms with van der Waals surface area (Å²) in [6.45, 7) is 13.7. The summed E-state index contributed by atoms with van der Waals surface area (Å²) < 4.78 is 22.7. The van der Waals surface area contributed by atoms with Crippen molar-refractivity contribution in [3.63, 3.8) is 0 Å². The Morgan fingerprint density at radius 3 is 1.71 bits per heavy atom. The van der Waals surface area contributed by atoms with Gasteiger partial charge in [0, 0.05) is 19.9 Å². The van der Waals surface area contributed by atoms with Gasteiger partial charge in [-0.05, 0) is 102 Å². The van der Waals surface area contributed by atoms with Crippen LogP contribution in [0.2, 0.25) is 0 Å². The number of ether oxygens (including phenoxy) is 4. The van der Waals surface area contributed by atoms with Gasteiger partial charge in [-0.3, -0.25) is 39.5 Å². The van der Waals surface area contributed by atoms with Gasteiger partial charge in [-0.15, -0.1) is 0 Å². The van der Waals surface area contributed by atoms with Gasteiger partial charge < -0.3 is 45.5 Å². The molecule has 5 aromatic carbocycles. The minimum absolute atomic E-state index is 0.0540. The second-order valence-corrected chi connectivity index (χ2v) is 20.5. The molecule has 0 saturated heterocycles. The molecule has 1 unspecified atom stereocenters. The monoisotopic (exact) mass is 1070 g/mol. The van der Waals surface area contributed by atoms with E-state index in [4.69, 9.17) is 18.9 Å². The summed E-state index contributed by atoms with van der Waals surface area (Å²) in [7, 11) is 2.86. The van der Waals surface area contributed by atoms with E-state index in [1.165, 1.54) is 40.1 Å². The summed E-state index contributed by atoms with van der Waals surface area (Å²) in [4.78, 5) is 94.7. The Balaban J connectivity index is 1.52. The zero-order chi connectivity index (χ0) is 57.2. The molecule has 0 heterocycles. The van der Waals surface area contributed by atoms with Crippen LogP contribution in [0.3, 0.4) is 0 Å². The average Bonchev–Trinajstić information content (AvgIpc) is 3.47. The number of hydrazine groups is 1. The smallest absolute Gasteiger partial charge is 0.408 e. The lowest BCUT2D eigenvalue weighted by Crippen LogP contribution is -2.59. The predicted molar refractivity (Wildman–Crippen MR) is 293 cm³/mol. The number of rotatable bonds is 25. The Morgan fingerprint density at radius 2 is 1.21 bits per heavy atom. The van der Waals surface area contributed by atoms with Gasteiger partial charge in [-0.2, -0.15) is 0 Å². The number of benzene rings is 5. The Morgan fingerprint density at radius 1 is 0.654 bits per heavy atom. The standard InChI is InChI=1S/C58H72N8O12/c1-37(44-34-48(75-10)49(36-47(44)66(73)74)76-32-20-27-50(67)59-9)64-65-54(71)46(35-51(68)63-58(40-21-14-11-15-22-40,41-23-16-12-17-24-41)42-25-18-13-19-26-42)62-53(70)45(33-39-28-30-43(31-29-39)77-56(3,4)5)61-52(69)38(2)60-55(72)78-57(6,7)8/h11-19,21-26,28-31,34,36-38,45-46,64H,20,27,32-33,35H2,1-10H3,(H,59,67)(H,60,72)(H,61,69)(H,62,70)(H,63,68)(H,65,71)/t37?,38-,45-,46-/m0/s1. The number of amides is 6. The lowest BCUT2D eigenvalue weighted by Gasteiger charge is -2.37. The van der Waals surface area contributed by atoms with E-state index in [2.05, 4.69) is 37.4 Å². The molecule has 0 radical (unpaired) electrons. The molecule has 6 amide bonds. The highest BCUT2D eigenvalue weighted by molar-refractivity contribution is 5.96. The van der Waals surface area contributed by atoms with Crippen LogP contribution >= 0.6 is 0 Å². The Labute approximate surface area is 455 Å². The first kappa shape index (κ1) is 60.3. The van der Waals surface area contributed by atoms with Crippen molar-refractivity contribution in [3.8, 4) is 17.2 Å². The molecule has 4 atom stereocenters. The Bertz CT molecular complexity index is 2740. The van der Waals surface area contributed by atoms with Crippen LogP contribution < -0.4 is 51.6 Å². The molecule has 5 rings (SSSR count). The third-order valence-electron chi connectivity index (χ3n) is 12.0. The van der Waals surface area contributed by atoms with Gasteiger partial charge in [0.15, 0.2) is 11.5 Å². The molecule has 0 fully saturated rings. The number of nitro benzene ring substituents is 1. The molecular formula is C58H72N8O12. The molecule has 7 N–H and O–H groups in total. The number of nitrogens with zero attached hydrogens (tertiary/aromatic N) is 1. The molecule has 78 heavy (non-hydrogen) atoms. The van der Waals surface area contributed by atoms with E-state index in [1.54, 1.807) is 45.0 Å². The van der Waals surface area contributed by atoms with E-state index in [0.717, 1.165) is 0 Å². The van der Waals surface area contributed by atoms with E-state index in [0.29, 0.717) is 34.4 Å². The summed E-state index contributed by atoms with van der Waals surface area (Å²) in [5, 5.41) is 26.2. The van der Waals surface area contributed by atoms with Crippen molar-refractivity contribution in [2.24, 2.45) is 0 Å². The summed E-state index contributed by atoms with van der Waals surface area (Å²) >= 11 is 0. The predicted octanol–water partition coefficient (Wildman–Crippen LogP) is 6.99. The minimum Gasteiger partial charge on any atom is -0.493 e. The van der Waals surface area contributed by atoms with Crippen LogP contribution in [-0.2, 0) is 40.7 Å². The first-order valence-corrected chi connectivity index (χ1v) is 25.5. The molecule has 0 aliphatic carbocycles. The summed E-state index contributed by atoms with van der Waals surface area (Å²) in [5.41, 5.74) is 4.96. The number of hydrogen-bond donors (Lipinski definition) is 7. The number of nitro groups is 1. The van der Waals surface area contributed by atoms with E-state index in [1.807, 2.05) is 112 Å². The van der Waals surface area contributed by atoms with Crippen molar-refractivity contribution >= 4 is 41.3 Å². The highest BCUT2D eigenvalue weighted by Gasteiger charge is 2.40. The van der Waals surface area contributed by atoms with Crippen LogP contribution in [0.25, 0.3) is 0 Å². The Hall–Kier alpha value is -8.52. The number of methoxy groups -OCH3 is 1. The number of alkyl carbamates (subject to hydrolysis) is 1.